The third-order valence-corrected chi connectivity index (χ3v) is 3.35. The molecular weight excluding hydrogens is 282 g/mol. The second-order valence-electron chi connectivity index (χ2n) is 4.70. The molecule has 22 heavy (non-hydrogen) atoms. The summed E-state index contributed by atoms with van der Waals surface area (Å²) in [7, 11) is 4.70. The molecule has 0 fully saturated rings. The van der Waals surface area contributed by atoms with Gasteiger partial charge in [0, 0.05) is 24.4 Å². The first-order valence-corrected chi connectivity index (χ1v) is 6.91. The highest BCUT2D eigenvalue weighted by atomic mass is 16.5. The average Bonchev–Trinajstić information content (AvgIpc) is 2.59. The SMILES string of the molecule is COc1cc(CCC(=O)c2cccnc2)cc(OC)c1OC. The van der Waals surface area contributed by atoms with Crippen LogP contribution in [-0.4, -0.2) is 32.1 Å². The van der Waals surface area contributed by atoms with Gasteiger partial charge in [-0.15, -0.1) is 0 Å². The zero-order valence-electron chi connectivity index (χ0n) is 13.0. The van der Waals surface area contributed by atoms with E-state index in [1.165, 1.54) is 0 Å². The Balaban J connectivity index is 2.14. The highest BCUT2D eigenvalue weighted by Crippen LogP contribution is 2.38. The Morgan fingerprint density at radius 2 is 1.77 bits per heavy atom. The zero-order valence-corrected chi connectivity index (χ0v) is 13.0. The minimum Gasteiger partial charge on any atom is -0.493 e. The molecule has 1 aromatic heterocycles. The summed E-state index contributed by atoms with van der Waals surface area (Å²) in [6.45, 7) is 0. The van der Waals surface area contributed by atoms with E-state index in [4.69, 9.17) is 14.2 Å². The van der Waals surface area contributed by atoms with E-state index in [2.05, 4.69) is 4.98 Å². The minimum atomic E-state index is 0.0573. The number of ether oxygens (including phenoxy) is 3. The van der Waals surface area contributed by atoms with Crippen molar-refractivity contribution in [1.29, 1.82) is 0 Å². The summed E-state index contributed by atoms with van der Waals surface area (Å²) in [5.74, 6) is 1.78. The van der Waals surface area contributed by atoms with Gasteiger partial charge >= 0.3 is 0 Å². The third kappa shape index (κ3) is 3.55. The standard InChI is InChI=1S/C17H19NO4/c1-20-15-9-12(10-16(21-2)17(15)22-3)6-7-14(19)13-5-4-8-18-11-13/h4-5,8-11H,6-7H2,1-3H3. The van der Waals surface area contributed by atoms with Crippen molar-refractivity contribution < 1.29 is 19.0 Å². The number of Topliss-reactive ketones (excluding diaryl/α,β-unsaturated/α-hetero) is 1. The molecule has 1 aromatic carbocycles. The van der Waals surface area contributed by atoms with E-state index in [9.17, 15) is 4.79 Å². The van der Waals surface area contributed by atoms with Crippen LogP contribution in [0.3, 0.4) is 0 Å². The Morgan fingerprint density at radius 3 is 2.27 bits per heavy atom. The number of pyridine rings is 1. The molecule has 0 aliphatic carbocycles. The van der Waals surface area contributed by atoms with Gasteiger partial charge in [-0.3, -0.25) is 9.78 Å². The van der Waals surface area contributed by atoms with Crippen LogP contribution in [-0.2, 0) is 6.42 Å². The number of rotatable bonds is 7. The number of hydrogen-bond donors (Lipinski definition) is 0. The number of carbonyl (C=O) groups excluding carboxylic acids is 1. The number of ketones is 1. The molecule has 5 heteroatoms. The summed E-state index contributed by atoms with van der Waals surface area (Å²) in [5, 5.41) is 0. The van der Waals surface area contributed by atoms with Crippen molar-refractivity contribution in [3.05, 3.63) is 47.8 Å². The fourth-order valence-corrected chi connectivity index (χ4v) is 2.21. The van der Waals surface area contributed by atoms with Crippen LogP contribution in [0.25, 0.3) is 0 Å². The van der Waals surface area contributed by atoms with Crippen molar-refractivity contribution in [1.82, 2.24) is 4.98 Å². The van der Waals surface area contributed by atoms with E-state index in [0.717, 1.165) is 5.56 Å². The molecule has 0 aliphatic rings. The number of methoxy groups -OCH3 is 3. The zero-order chi connectivity index (χ0) is 15.9. The van der Waals surface area contributed by atoms with Crippen molar-refractivity contribution in [2.24, 2.45) is 0 Å². The van der Waals surface area contributed by atoms with Crippen molar-refractivity contribution in [2.75, 3.05) is 21.3 Å². The van der Waals surface area contributed by atoms with E-state index in [0.29, 0.717) is 35.7 Å². The van der Waals surface area contributed by atoms with Gasteiger partial charge in [0.25, 0.3) is 0 Å². The molecule has 5 nitrogen and oxygen atoms in total. The number of aromatic nitrogens is 1. The van der Waals surface area contributed by atoms with Crippen LogP contribution in [0.1, 0.15) is 22.3 Å². The first kappa shape index (κ1) is 15.8. The van der Waals surface area contributed by atoms with Gasteiger partial charge in [-0.05, 0) is 36.2 Å². The molecule has 0 radical (unpaired) electrons. The smallest absolute Gasteiger partial charge is 0.203 e. The third-order valence-electron chi connectivity index (χ3n) is 3.35. The van der Waals surface area contributed by atoms with E-state index < -0.39 is 0 Å². The van der Waals surface area contributed by atoms with E-state index in [1.54, 1.807) is 45.9 Å². The van der Waals surface area contributed by atoms with Gasteiger partial charge in [-0.25, -0.2) is 0 Å². The summed E-state index contributed by atoms with van der Waals surface area (Å²) in [5.41, 5.74) is 1.57. The van der Waals surface area contributed by atoms with E-state index in [-0.39, 0.29) is 5.78 Å². The van der Waals surface area contributed by atoms with E-state index in [1.807, 2.05) is 12.1 Å². The highest BCUT2D eigenvalue weighted by Gasteiger charge is 2.14. The molecule has 0 aliphatic heterocycles. The molecule has 0 spiro atoms. The van der Waals surface area contributed by atoms with Crippen LogP contribution < -0.4 is 14.2 Å². The van der Waals surface area contributed by atoms with Gasteiger partial charge in [0.15, 0.2) is 17.3 Å². The lowest BCUT2D eigenvalue weighted by molar-refractivity contribution is 0.0982. The maximum Gasteiger partial charge on any atom is 0.203 e. The Bertz CT molecular complexity index is 615. The Morgan fingerprint density at radius 1 is 1.09 bits per heavy atom. The van der Waals surface area contributed by atoms with E-state index >= 15 is 0 Å². The van der Waals surface area contributed by atoms with Crippen molar-refractivity contribution in [3.8, 4) is 17.2 Å². The summed E-state index contributed by atoms with van der Waals surface area (Å²) < 4.78 is 15.9. The molecule has 0 N–H and O–H groups in total. The molecule has 0 amide bonds. The van der Waals surface area contributed by atoms with Crippen LogP contribution in [0.2, 0.25) is 0 Å². The summed E-state index contributed by atoms with van der Waals surface area (Å²) >= 11 is 0. The van der Waals surface area contributed by atoms with Crippen molar-refractivity contribution in [2.45, 2.75) is 12.8 Å². The summed E-state index contributed by atoms with van der Waals surface area (Å²) in [4.78, 5) is 16.1. The minimum absolute atomic E-state index is 0.0573. The maximum atomic E-state index is 12.1. The molecule has 2 aromatic rings. The largest absolute Gasteiger partial charge is 0.493 e. The number of nitrogens with zero attached hydrogens (tertiary/aromatic N) is 1. The molecule has 116 valence electrons. The van der Waals surface area contributed by atoms with Crippen LogP contribution >= 0.6 is 0 Å². The molecule has 0 unspecified atom stereocenters. The lowest BCUT2D eigenvalue weighted by Crippen LogP contribution is -2.02. The normalized spacial score (nSPS) is 10.1. The fourth-order valence-electron chi connectivity index (χ4n) is 2.21. The summed E-state index contributed by atoms with van der Waals surface area (Å²) in [6.07, 6.45) is 4.21. The topological polar surface area (TPSA) is 57.7 Å². The lowest BCUT2D eigenvalue weighted by atomic mass is 10.0. The molecular formula is C17H19NO4. The quantitative estimate of drug-likeness (QED) is 0.736. The number of hydrogen-bond acceptors (Lipinski definition) is 5. The molecule has 0 saturated heterocycles. The van der Waals surface area contributed by atoms with Gasteiger partial charge < -0.3 is 14.2 Å². The predicted octanol–water partition coefficient (Wildman–Crippen LogP) is 2.92. The Hall–Kier alpha value is -2.56. The van der Waals surface area contributed by atoms with Crippen molar-refractivity contribution >= 4 is 5.78 Å². The highest BCUT2D eigenvalue weighted by molar-refractivity contribution is 5.95. The second-order valence-corrected chi connectivity index (χ2v) is 4.70. The lowest BCUT2D eigenvalue weighted by Gasteiger charge is -2.14. The monoisotopic (exact) mass is 301 g/mol. The maximum absolute atomic E-state index is 12.1. The average molecular weight is 301 g/mol. The fraction of sp³-hybridized carbons (Fsp3) is 0.294. The van der Waals surface area contributed by atoms with Crippen LogP contribution in [0.5, 0.6) is 17.2 Å². The Kier molecular flexibility index (Phi) is 5.36. The first-order valence-electron chi connectivity index (χ1n) is 6.91. The second kappa shape index (κ2) is 7.45. The Labute approximate surface area is 129 Å². The van der Waals surface area contributed by atoms with Crippen LogP contribution in [0, 0.1) is 0 Å². The predicted molar refractivity (Wildman–Crippen MR) is 83.0 cm³/mol. The van der Waals surface area contributed by atoms with Crippen LogP contribution in [0.4, 0.5) is 0 Å². The number of benzene rings is 1. The molecule has 0 bridgehead atoms. The van der Waals surface area contributed by atoms with Gasteiger partial charge in [-0.2, -0.15) is 0 Å². The summed E-state index contributed by atoms with van der Waals surface area (Å²) in [6, 6.07) is 7.24. The molecule has 0 saturated carbocycles. The first-order chi connectivity index (χ1) is 10.7. The molecule has 1 heterocycles. The van der Waals surface area contributed by atoms with Gasteiger partial charge in [0.1, 0.15) is 0 Å². The molecule has 2 rings (SSSR count). The van der Waals surface area contributed by atoms with Gasteiger partial charge in [0.2, 0.25) is 5.75 Å². The molecule has 0 atom stereocenters. The number of carbonyl (C=O) groups is 1. The van der Waals surface area contributed by atoms with Gasteiger partial charge in [0.05, 0.1) is 21.3 Å². The van der Waals surface area contributed by atoms with Gasteiger partial charge in [-0.1, -0.05) is 0 Å². The van der Waals surface area contributed by atoms with Crippen LogP contribution in [0.15, 0.2) is 36.7 Å². The van der Waals surface area contributed by atoms with Crippen molar-refractivity contribution in [3.63, 3.8) is 0 Å². The number of aryl methyl sites for hydroxylation is 1.